The number of methoxy groups -OCH3 is 1. The predicted molar refractivity (Wildman–Crippen MR) is 72.6 cm³/mol. The van der Waals surface area contributed by atoms with Gasteiger partial charge in [0.1, 0.15) is 17.2 Å². The third-order valence-corrected chi connectivity index (χ3v) is 3.60. The van der Waals surface area contributed by atoms with Crippen LogP contribution in [0.15, 0.2) is 12.1 Å². The Morgan fingerprint density at radius 3 is 2.41 bits per heavy atom. The number of rotatable bonds is 3. The van der Waals surface area contributed by atoms with Crippen LogP contribution in [0.2, 0.25) is 0 Å². The molecule has 0 atom stereocenters. The van der Waals surface area contributed by atoms with E-state index in [0.717, 1.165) is 13.2 Å². The maximum atomic E-state index is 14.3. The number of halogens is 2. The van der Waals surface area contributed by atoms with E-state index in [1.54, 1.807) is 0 Å². The van der Waals surface area contributed by atoms with Gasteiger partial charge in [0.25, 0.3) is 0 Å². The number of nitrogens with zero attached hydrogens (tertiary/aromatic N) is 2. The summed E-state index contributed by atoms with van der Waals surface area (Å²) in [5, 5.41) is 8.87. The van der Waals surface area contributed by atoms with Crippen LogP contribution in [0, 0.1) is 11.6 Å². The summed E-state index contributed by atoms with van der Waals surface area (Å²) in [6.07, 6.45) is -0.986. The number of carbonyl (C=O) groups excluding carboxylic acids is 1. The second-order valence-corrected chi connectivity index (χ2v) is 4.93. The van der Waals surface area contributed by atoms with Gasteiger partial charge in [0.05, 0.1) is 7.11 Å². The van der Waals surface area contributed by atoms with Crippen molar-refractivity contribution in [1.82, 2.24) is 9.80 Å². The van der Waals surface area contributed by atoms with Gasteiger partial charge < -0.3 is 14.7 Å². The van der Waals surface area contributed by atoms with Crippen molar-refractivity contribution >= 4 is 12.1 Å². The molecule has 0 unspecified atom stereocenters. The van der Waals surface area contributed by atoms with Gasteiger partial charge in [-0.1, -0.05) is 6.07 Å². The molecular formula is C14H16F2N2O4. The smallest absolute Gasteiger partial charge is 0.407 e. The maximum absolute atomic E-state index is 14.3. The Kier molecular flexibility index (Phi) is 4.92. The van der Waals surface area contributed by atoms with Crippen LogP contribution in [0.25, 0.3) is 0 Å². The van der Waals surface area contributed by atoms with E-state index in [2.05, 4.69) is 4.74 Å². The second kappa shape index (κ2) is 6.69. The quantitative estimate of drug-likeness (QED) is 0.857. The minimum Gasteiger partial charge on any atom is -0.465 e. The molecule has 2 rings (SSSR count). The first-order valence-corrected chi connectivity index (χ1v) is 6.69. The van der Waals surface area contributed by atoms with E-state index < -0.39 is 29.3 Å². The fourth-order valence-corrected chi connectivity index (χ4v) is 2.35. The molecule has 22 heavy (non-hydrogen) atoms. The zero-order chi connectivity index (χ0) is 16.3. The van der Waals surface area contributed by atoms with Crippen molar-refractivity contribution in [2.45, 2.75) is 6.54 Å². The molecule has 1 aliphatic heterocycles. The molecule has 0 bridgehead atoms. The van der Waals surface area contributed by atoms with Crippen LogP contribution >= 0.6 is 0 Å². The summed E-state index contributed by atoms with van der Waals surface area (Å²) in [6.45, 7) is 1.70. The van der Waals surface area contributed by atoms with Crippen LogP contribution in [-0.4, -0.2) is 60.3 Å². The fourth-order valence-electron chi connectivity index (χ4n) is 2.35. The van der Waals surface area contributed by atoms with Crippen LogP contribution in [0.3, 0.4) is 0 Å². The Balaban J connectivity index is 2.11. The highest BCUT2D eigenvalue weighted by molar-refractivity contribution is 5.90. The first kappa shape index (κ1) is 16.2. The highest BCUT2D eigenvalue weighted by Crippen LogP contribution is 2.20. The number of carbonyl (C=O) groups is 2. The van der Waals surface area contributed by atoms with Gasteiger partial charge in [-0.2, -0.15) is 0 Å². The van der Waals surface area contributed by atoms with E-state index in [4.69, 9.17) is 5.11 Å². The number of hydrogen-bond donors (Lipinski definition) is 1. The molecule has 0 aliphatic carbocycles. The molecule has 1 aromatic rings. The summed E-state index contributed by atoms with van der Waals surface area (Å²) >= 11 is 0. The lowest BCUT2D eigenvalue weighted by Gasteiger charge is -2.33. The van der Waals surface area contributed by atoms with Crippen molar-refractivity contribution in [3.8, 4) is 0 Å². The number of carboxylic acid groups (broad SMARTS) is 1. The SMILES string of the molecule is COC(=O)c1c(F)ccc(CN2CCN(C(=O)O)CC2)c1F. The second-order valence-electron chi connectivity index (χ2n) is 4.93. The van der Waals surface area contributed by atoms with Gasteiger partial charge in [-0.05, 0) is 6.07 Å². The number of benzene rings is 1. The Bertz CT molecular complexity index is 586. The third-order valence-electron chi connectivity index (χ3n) is 3.60. The van der Waals surface area contributed by atoms with E-state index in [9.17, 15) is 18.4 Å². The van der Waals surface area contributed by atoms with Gasteiger partial charge in [-0.15, -0.1) is 0 Å². The van der Waals surface area contributed by atoms with Gasteiger partial charge >= 0.3 is 12.1 Å². The van der Waals surface area contributed by atoms with Crippen LogP contribution < -0.4 is 0 Å². The van der Waals surface area contributed by atoms with Gasteiger partial charge in [0, 0.05) is 38.3 Å². The first-order chi connectivity index (χ1) is 10.4. The van der Waals surface area contributed by atoms with E-state index >= 15 is 0 Å². The van der Waals surface area contributed by atoms with E-state index in [1.165, 1.54) is 11.0 Å². The number of ether oxygens (including phenoxy) is 1. The number of piperazine rings is 1. The zero-order valence-corrected chi connectivity index (χ0v) is 12.0. The Labute approximate surface area is 125 Å². The predicted octanol–water partition coefficient (Wildman–Crippen LogP) is 1.55. The summed E-state index contributed by atoms with van der Waals surface area (Å²) in [5.41, 5.74) is -0.533. The number of esters is 1. The molecule has 0 saturated carbocycles. The van der Waals surface area contributed by atoms with Crippen molar-refractivity contribution in [1.29, 1.82) is 0 Å². The lowest BCUT2D eigenvalue weighted by Crippen LogP contribution is -2.47. The standard InChI is InChI=1S/C14H16F2N2O4/c1-22-13(19)11-10(15)3-2-9(12(11)16)8-17-4-6-18(7-5-17)14(20)21/h2-3H,4-8H2,1H3,(H,20,21). The van der Waals surface area contributed by atoms with E-state index in [-0.39, 0.29) is 12.1 Å². The summed E-state index contributed by atoms with van der Waals surface area (Å²) in [7, 11) is 1.05. The van der Waals surface area contributed by atoms with Crippen LogP contribution in [0.1, 0.15) is 15.9 Å². The number of amides is 1. The van der Waals surface area contributed by atoms with Gasteiger partial charge in [0.2, 0.25) is 0 Å². The minimum atomic E-state index is -1.06. The Morgan fingerprint density at radius 2 is 1.86 bits per heavy atom. The van der Waals surface area contributed by atoms with Gasteiger partial charge in [0.15, 0.2) is 0 Å². The monoisotopic (exact) mass is 314 g/mol. The molecule has 0 radical (unpaired) electrons. The molecule has 1 heterocycles. The molecular weight excluding hydrogens is 298 g/mol. The average molecular weight is 314 g/mol. The first-order valence-electron chi connectivity index (χ1n) is 6.69. The van der Waals surface area contributed by atoms with Crippen LogP contribution in [0.4, 0.5) is 13.6 Å². The number of hydrogen-bond acceptors (Lipinski definition) is 4. The highest BCUT2D eigenvalue weighted by atomic mass is 19.1. The van der Waals surface area contributed by atoms with Gasteiger partial charge in [-0.25, -0.2) is 18.4 Å². The minimum absolute atomic E-state index is 0.170. The average Bonchev–Trinajstić information content (AvgIpc) is 2.50. The molecule has 1 aliphatic rings. The summed E-state index contributed by atoms with van der Waals surface area (Å²) in [5.74, 6) is -2.97. The van der Waals surface area contributed by atoms with Crippen molar-refractivity contribution in [3.05, 3.63) is 34.9 Å². The van der Waals surface area contributed by atoms with Gasteiger partial charge in [-0.3, -0.25) is 4.90 Å². The molecule has 1 aromatic carbocycles. The highest BCUT2D eigenvalue weighted by Gasteiger charge is 2.24. The van der Waals surface area contributed by atoms with Crippen LogP contribution in [0.5, 0.6) is 0 Å². The van der Waals surface area contributed by atoms with E-state index in [0.29, 0.717) is 26.2 Å². The Morgan fingerprint density at radius 1 is 1.23 bits per heavy atom. The summed E-state index contributed by atoms with van der Waals surface area (Å²) in [4.78, 5) is 25.4. The molecule has 0 spiro atoms. The lowest BCUT2D eigenvalue weighted by atomic mass is 10.1. The fraction of sp³-hybridized carbons (Fsp3) is 0.429. The Hall–Kier alpha value is -2.22. The molecule has 1 N–H and O–H groups in total. The maximum Gasteiger partial charge on any atom is 0.407 e. The summed E-state index contributed by atoms with van der Waals surface area (Å²) in [6, 6.07) is 2.30. The van der Waals surface area contributed by atoms with Crippen molar-refractivity contribution in [2.24, 2.45) is 0 Å². The van der Waals surface area contributed by atoms with Crippen molar-refractivity contribution in [3.63, 3.8) is 0 Å². The topological polar surface area (TPSA) is 70.1 Å². The molecule has 0 aromatic heterocycles. The molecule has 1 saturated heterocycles. The third kappa shape index (κ3) is 3.33. The molecule has 1 fully saturated rings. The summed E-state index contributed by atoms with van der Waals surface area (Å²) < 4.78 is 32.2. The zero-order valence-electron chi connectivity index (χ0n) is 12.0. The van der Waals surface area contributed by atoms with Crippen molar-refractivity contribution in [2.75, 3.05) is 33.3 Å². The molecule has 1 amide bonds. The molecule has 6 nitrogen and oxygen atoms in total. The normalized spacial score (nSPS) is 15.7. The van der Waals surface area contributed by atoms with Crippen molar-refractivity contribution < 1.29 is 28.2 Å². The van der Waals surface area contributed by atoms with E-state index in [1.807, 2.05) is 4.90 Å². The largest absolute Gasteiger partial charge is 0.465 e. The molecule has 8 heteroatoms. The van der Waals surface area contributed by atoms with Crippen LogP contribution in [-0.2, 0) is 11.3 Å². The molecule has 120 valence electrons. The lowest BCUT2D eigenvalue weighted by molar-refractivity contribution is 0.0588.